The zero-order valence-electron chi connectivity index (χ0n) is 11.6. The van der Waals surface area contributed by atoms with E-state index >= 15 is 0 Å². The fourth-order valence-corrected chi connectivity index (χ4v) is 4.57. The van der Waals surface area contributed by atoms with Crippen LogP contribution in [-0.2, 0) is 10.0 Å². The van der Waals surface area contributed by atoms with Crippen molar-refractivity contribution in [3.05, 3.63) is 63.0 Å². The van der Waals surface area contributed by atoms with Crippen molar-refractivity contribution < 1.29 is 8.42 Å². The Hall–Kier alpha value is -0.690. The Balaban J connectivity index is 2.39. The van der Waals surface area contributed by atoms with Gasteiger partial charge in [-0.05, 0) is 36.8 Å². The van der Waals surface area contributed by atoms with Crippen LogP contribution in [0.2, 0.25) is 0 Å². The van der Waals surface area contributed by atoms with Crippen LogP contribution in [0.1, 0.15) is 18.5 Å². The van der Waals surface area contributed by atoms with Crippen LogP contribution in [-0.4, -0.2) is 19.8 Å². The average molecular weight is 433 g/mol. The van der Waals surface area contributed by atoms with Crippen molar-refractivity contribution in [2.45, 2.75) is 17.9 Å². The van der Waals surface area contributed by atoms with Crippen molar-refractivity contribution in [3.8, 4) is 0 Å². The normalized spacial score (nSPS) is 13.4. The van der Waals surface area contributed by atoms with Gasteiger partial charge in [0.15, 0.2) is 0 Å². The van der Waals surface area contributed by atoms with Gasteiger partial charge in [-0.2, -0.15) is 4.31 Å². The molecule has 0 aliphatic rings. The molecule has 1 unspecified atom stereocenters. The Morgan fingerprint density at radius 2 is 1.71 bits per heavy atom. The van der Waals surface area contributed by atoms with E-state index in [0.29, 0.717) is 0 Å². The first kappa shape index (κ1) is 16.7. The molecule has 6 heteroatoms. The molecule has 112 valence electrons. The third-order valence-corrected chi connectivity index (χ3v) is 6.51. The van der Waals surface area contributed by atoms with Gasteiger partial charge in [-0.25, -0.2) is 8.42 Å². The minimum Gasteiger partial charge on any atom is -0.207 e. The SMILES string of the molecule is CC(c1ccccc1Br)N(C)S(=O)(=O)c1cccc(Br)c1. The fourth-order valence-electron chi connectivity index (χ4n) is 2.01. The van der Waals surface area contributed by atoms with E-state index in [1.54, 1.807) is 31.3 Å². The molecule has 0 spiro atoms. The predicted octanol–water partition coefficient (Wildman–Crippen LogP) is 4.59. The van der Waals surface area contributed by atoms with Gasteiger partial charge in [0.05, 0.1) is 4.90 Å². The molecule has 0 aromatic heterocycles. The van der Waals surface area contributed by atoms with Crippen molar-refractivity contribution in [2.24, 2.45) is 0 Å². The second-order valence-corrected chi connectivity index (χ2v) is 8.44. The molecule has 21 heavy (non-hydrogen) atoms. The highest BCUT2D eigenvalue weighted by Gasteiger charge is 2.27. The topological polar surface area (TPSA) is 37.4 Å². The average Bonchev–Trinajstić information content (AvgIpc) is 2.46. The zero-order chi connectivity index (χ0) is 15.6. The van der Waals surface area contributed by atoms with Crippen LogP contribution in [0.3, 0.4) is 0 Å². The first-order valence-corrected chi connectivity index (χ1v) is 9.34. The Morgan fingerprint density at radius 1 is 1.05 bits per heavy atom. The fraction of sp³-hybridized carbons (Fsp3) is 0.200. The number of sulfonamides is 1. The maximum absolute atomic E-state index is 12.7. The van der Waals surface area contributed by atoms with E-state index in [2.05, 4.69) is 31.9 Å². The molecule has 0 saturated carbocycles. The Bertz CT molecular complexity index is 747. The summed E-state index contributed by atoms with van der Waals surface area (Å²) in [6, 6.07) is 14.1. The predicted molar refractivity (Wildman–Crippen MR) is 91.6 cm³/mol. The molecule has 0 saturated heterocycles. The number of halogens is 2. The third kappa shape index (κ3) is 3.56. The minimum absolute atomic E-state index is 0.274. The monoisotopic (exact) mass is 431 g/mol. The van der Waals surface area contributed by atoms with Gasteiger partial charge in [0, 0.05) is 22.0 Å². The molecular formula is C15H15Br2NO2S. The van der Waals surface area contributed by atoms with Gasteiger partial charge >= 0.3 is 0 Å². The molecule has 0 aliphatic carbocycles. The van der Waals surface area contributed by atoms with Gasteiger partial charge in [-0.1, -0.05) is 56.1 Å². The van der Waals surface area contributed by atoms with Gasteiger partial charge in [0.1, 0.15) is 0 Å². The minimum atomic E-state index is -3.54. The Kier molecular flexibility index (Phi) is 5.24. The van der Waals surface area contributed by atoms with Crippen LogP contribution in [0.4, 0.5) is 0 Å². The first-order chi connectivity index (χ1) is 9.84. The number of rotatable bonds is 4. The third-order valence-electron chi connectivity index (χ3n) is 3.37. The standard InChI is InChI=1S/C15H15Br2NO2S/c1-11(14-8-3-4-9-15(14)17)18(2)21(19,20)13-7-5-6-12(16)10-13/h3-11H,1-2H3. The molecule has 0 aliphatic heterocycles. The lowest BCUT2D eigenvalue weighted by molar-refractivity contribution is 0.397. The van der Waals surface area contributed by atoms with Gasteiger partial charge in [-0.15, -0.1) is 0 Å². The molecule has 2 aromatic rings. The Labute approximate surface area is 142 Å². The molecule has 3 nitrogen and oxygen atoms in total. The van der Waals surface area contributed by atoms with Gasteiger partial charge < -0.3 is 0 Å². The lowest BCUT2D eigenvalue weighted by atomic mass is 10.1. The summed E-state index contributed by atoms with van der Waals surface area (Å²) in [6.07, 6.45) is 0. The maximum Gasteiger partial charge on any atom is 0.243 e. The molecule has 0 N–H and O–H groups in total. The summed E-state index contributed by atoms with van der Waals surface area (Å²) in [5.74, 6) is 0. The van der Waals surface area contributed by atoms with Crippen molar-refractivity contribution >= 4 is 41.9 Å². The summed E-state index contributed by atoms with van der Waals surface area (Å²) in [4.78, 5) is 0.276. The summed E-state index contributed by atoms with van der Waals surface area (Å²) >= 11 is 6.78. The summed E-state index contributed by atoms with van der Waals surface area (Å²) in [6.45, 7) is 1.87. The first-order valence-electron chi connectivity index (χ1n) is 6.32. The highest BCUT2D eigenvalue weighted by molar-refractivity contribution is 9.10. The molecule has 1 atom stereocenters. The highest BCUT2D eigenvalue weighted by atomic mass is 79.9. The Morgan fingerprint density at radius 3 is 2.33 bits per heavy atom. The lowest BCUT2D eigenvalue weighted by Gasteiger charge is -2.25. The van der Waals surface area contributed by atoms with Crippen molar-refractivity contribution in [3.63, 3.8) is 0 Å². The summed E-state index contributed by atoms with van der Waals surface area (Å²) in [5, 5.41) is 0. The number of hydrogen-bond acceptors (Lipinski definition) is 2. The molecule has 0 bridgehead atoms. The molecule has 2 rings (SSSR count). The largest absolute Gasteiger partial charge is 0.243 e. The number of benzene rings is 2. The van der Waals surface area contributed by atoms with Gasteiger partial charge in [-0.3, -0.25) is 0 Å². The van der Waals surface area contributed by atoms with E-state index in [9.17, 15) is 8.42 Å². The zero-order valence-corrected chi connectivity index (χ0v) is 15.6. The number of nitrogens with zero attached hydrogens (tertiary/aromatic N) is 1. The molecular weight excluding hydrogens is 418 g/mol. The van der Waals surface area contributed by atoms with Crippen LogP contribution < -0.4 is 0 Å². The summed E-state index contributed by atoms with van der Waals surface area (Å²) in [7, 11) is -1.95. The van der Waals surface area contributed by atoms with Crippen LogP contribution in [0.25, 0.3) is 0 Å². The van der Waals surface area contributed by atoms with E-state index < -0.39 is 10.0 Å². The lowest BCUT2D eigenvalue weighted by Crippen LogP contribution is -2.30. The smallest absolute Gasteiger partial charge is 0.207 e. The molecule has 0 amide bonds. The maximum atomic E-state index is 12.7. The van der Waals surface area contributed by atoms with Crippen LogP contribution >= 0.6 is 31.9 Å². The molecule has 0 radical (unpaired) electrons. The van der Waals surface area contributed by atoms with Gasteiger partial charge in [0.25, 0.3) is 0 Å². The molecule has 0 heterocycles. The molecule has 2 aromatic carbocycles. The van der Waals surface area contributed by atoms with E-state index in [-0.39, 0.29) is 10.9 Å². The van der Waals surface area contributed by atoms with Crippen molar-refractivity contribution in [2.75, 3.05) is 7.05 Å². The second-order valence-electron chi connectivity index (χ2n) is 4.68. The van der Waals surface area contributed by atoms with Crippen molar-refractivity contribution in [1.29, 1.82) is 0 Å². The van der Waals surface area contributed by atoms with Crippen LogP contribution in [0.15, 0.2) is 62.4 Å². The second kappa shape index (κ2) is 6.60. The highest BCUT2D eigenvalue weighted by Crippen LogP contribution is 2.30. The van der Waals surface area contributed by atoms with E-state index in [0.717, 1.165) is 14.5 Å². The van der Waals surface area contributed by atoms with E-state index in [1.165, 1.54) is 4.31 Å². The van der Waals surface area contributed by atoms with E-state index in [1.807, 2.05) is 31.2 Å². The van der Waals surface area contributed by atoms with Gasteiger partial charge in [0.2, 0.25) is 10.0 Å². The van der Waals surface area contributed by atoms with Crippen molar-refractivity contribution in [1.82, 2.24) is 4.31 Å². The summed E-state index contributed by atoms with van der Waals surface area (Å²) in [5.41, 5.74) is 0.929. The molecule has 0 fully saturated rings. The summed E-state index contributed by atoms with van der Waals surface area (Å²) < 4.78 is 28.4. The van der Waals surface area contributed by atoms with E-state index in [4.69, 9.17) is 0 Å². The number of hydrogen-bond donors (Lipinski definition) is 0. The van der Waals surface area contributed by atoms with Crippen LogP contribution in [0, 0.1) is 0 Å². The quantitative estimate of drug-likeness (QED) is 0.708. The van der Waals surface area contributed by atoms with Crippen LogP contribution in [0.5, 0.6) is 0 Å².